The van der Waals surface area contributed by atoms with E-state index in [-0.39, 0.29) is 12.4 Å². The highest BCUT2D eigenvalue weighted by Crippen LogP contribution is 2.44. The molecule has 2 aromatic carbocycles. The molecule has 1 heterocycles. The molecule has 0 aliphatic carbocycles. The Balaban J connectivity index is 0.00000192. The van der Waals surface area contributed by atoms with Gasteiger partial charge in [-0.2, -0.15) is 5.26 Å². The molecular weight excluding hydrogens is 308 g/mol. The molecule has 4 heteroatoms. The minimum absolute atomic E-state index is 0. The maximum atomic E-state index is 9.09. The fourth-order valence-corrected chi connectivity index (χ4v) is 3.13. The molecule has 1 aliphatic rings. The van der Waals surface area contributed by atoms with Gasteiger partial charge in [0.05, 0.1) is 18.2 Å². The molecule has 3 nitrogen and oxygen atoms in total. The average molecular weight is 329 g/mol. The van der Waals surface area contributed by atoms with E-state index in [1.165, 1.54) is 11.1 Å². The zero-order chi connectivity index (χ0) is 15.6. The molecule has 1 atom stereocenters. The van der Waals surface area contributed by atoms with E-state index in [9.17, 15) is 0 Å². The molecule has 2 aromatic rings. The van der Waals surface area contributed by atoms with Gasteiger partial charge >= 0.3 is 0 Å². The van der Waals surface area contributed by atoms with Crippen molar-refractivity contribution in [1.29, 1.82) is 5.26 Å². The van der Waals surface area contributed by atoms with Crippen LogP contribution in [0.25, 0.3) is 0 Å². The van der Waals surface area contributed by atoms with E-state index < -0.39 is 5.60 Å². The van der Waals surface area contributed by atoms with Gasteiger partial charge in [0.15, 0.2) is 0 Å². The summed E-state index contributed by atoms with van der Waals surface area (Å²) in [4.78, 5) is 2.18. The minimum Gasteiger partial charge on any atom is -0.361 e. The van der Waals surface area contributed by atoms with Crippen LogP contribution in [0.1, 0.15) is 28.7 Å². The maximum Gasteiger partial charge on any atom is 0.120 e. The van der Waals surface area contributed by atoms with E-state index in [0.717, 1.165) is 18.5 Å². The molecule has 0 saturated carbocycles. The Kier molecular flexibility index (Phi) is 5.43. The second-order valence-electron chi connectivity index (χ2n) is 6.02. The van der Waals surface area contributed by atoms with Gasteiger partial charge in [-0.25, -0.2) is 0 Å². The summed E-state index contributed by atoms with van der Waals surface area (Å²) < 4.78 is 6.31. The SMILES string of the molecule is CN(C)CCC1(c2ccccc2)OCc2cc(C#N)ccc21.Cl. The van der Waals surface area contributed by atoms with Crippen LogP contribution in [0, 0.1) is 11.3 Å². The first-order chi connectivity index (χ1) is 10.7. The summed E-state index contributed by atoms with van der Waals surface area (Å²) >= 11 is 0. The van der Waals surface area contributed by atoms with Crippen molar-refractivity contribution in [3.8, 4) is 6.07 Å². The minimum atomic E-state index is -0.408. The second kappa shape index (κ2) is 7.14. The van der Waals surface area contributed by atoms with Gasteiger partial charge in [0.1, 0.15) is 5.60 Å². The Bertz CT molecular complexity index is 709. The zero-order valence-corrected chi connectivity index (χ0v) is 14.3. The predicted octanol–water partition coefficient (Wildman–Crippen LogP) is 3.71. The second-order valence-corrected chi connectivity index (χ2v) is 6.02. The number of benzene rings is 2. The zero-order valence-electron chi connectivity index (χ0n) is 13.5. The first-order valence-corrected chi connectivity index (χ1v) is 7.53. The molecule has 0 radical (unpaired) electrons. The van der Waals surface area contributed by atoms with Crippen LogP contribution in [0.4, 0.5) is 0 Å². The van der Waals surface area contributed by atoms with Crippen molar-refractivity contribution in [3.05, 3.63) is 70.8 Å². The van der Waals surface area contributed by atoms with Crippen LogP contribution in [0.15, 0.2) is 48.5 Å². The van der Waals surface area contributed by atoms with Gasteiger partial charge in [0.25, 0.3) is 0 Å². The Morgan fingerprint density at radius 3 is 2.57 bits per heavy atom. The predicted molar refractivity (Wildman–Crippen MR) is 93.6 cm³/mol. The maximum absolute atomic E-state index is 9.09. The van der Waals surface area contributed by atoms with Crippen molar-refractivity contribution < 1.29 is 4.74 Å². The van der Waals surface area contributed by atoms with E-state index in [2.05, 4.69) is 55.4 Å². The number of nitriles is 1. The molecule has 120 valence electrons. The molecule has 23 heavy (non-hydrogen) atoms. The lowest BCUT2D eigenvalue weighted by molar-refractivity contribution is -0.0155. The lowest BCUT2D eigenvalue weighted by atomic mass is 9.82. The molecule has 1 aliphatic heterocycles. The van der Waals surface area contributed by atoms with Gasteiger partial charge in [0.2, 0.25) is 0 Å². The summed E-state index contributed by atoms with van der Waals surface area (Å²) in [7, 11) is 4.15. The van der Waals surface area contributed by atoms with Crippen molar-refractivity contribution in [1.82, 2.24) is 4.90 Å². The third-order valence-electron chi connectivity index (χ3n) is 4.29. The number of rotatable bonds is 4. The molecule has 3 rings (SSSR count). The van der Waals surface area contributed by atoms with Gasteiger partial charge in [-0.05, 0) is 49.3 Å². The molecule has 0 amide bonds. The Hall–Kier alpha value is -1.86. The van der Waals surface area contributed by atoms with Gasteiger partial charge in [0, 0.05) is 6.54 Å². The van der Waals surface area contributed by atoms with Crippen LogP contribution >= 0.6 is 12.4 Å². The highest BCUT2D eigenvalue weighted by molar-refractivity contribution is 5.85. The number of hydrogen-bond donors (Lipinski definition) is 0. The number of nitrogens with zero attached hydrogens (tertiary/aromatic N) is 2. The van der Waals surface area contributed by atoms with E-state index in [1.54, 1.807) is 0 Å². The smallest absolute Gasteiger partial charge is 0.120 e. The average Bonchev–Trinajstić information content (AvgIpc) is 2.93. The monoisotopic (exact) mass is 328 g/mol. The molecule has 0 N–H and O–H groups in total. The summed E-state index contributed by atoms with van der Waals surface area (Å²) in [6, 6.07) is 18.5. The Morgan fingerprint density at radius 1 is 1.17 bits per heavy atom. The van der Waals surface area contributed by atoms with Gasteiger partial charge < -0.3 is 9.64 Å². The largest absolute Gasteiger partial charge is 0.361 e. The Morgan fingerprint density at radius 2 is 1.91 bits per heavy atom. The van der Waals surface area contributed by atoms with Gasteiger partial charge in [-0.3, -0.25) is 0 Å². The first-order valence-electron chi connectivity index (χ1n) is 7.53. The highest BCUT2D eigenvalue weighted by atomic mass is 35.5. The van der Waals surface area contributed by atoms with Crippen LogP contribution in [-0.2, 0) is 16.9 Å². The molecule has 0 spiro atoms. The summed E-state index contributed by atoms with van der Waals surface area (Å²) in [6.07, 6.45) is 0.892. The highest BCUT2D eigenvalue weighted by Gasteiger charge is 2.41. The van der Waals surface area contributed by atoms with Crippen LogP contribution in [0.2, 0.25) is 0 Å². The van der Waals surface area contributed by atoms with E-state index in [1.807, 2.05) is 18.2 Å². The third kappa shape index (κ3) is 3.25. The van der Waals surface area contributed by atoms with Crippen LogP contribution in [-0.4, -0.2) is 25.5 Å². The summed E-state index contributed by atoms with van der Waals surface area (Å²) in [5, 5.41) is 9.09. The standard InChI is InChI=1S/C19H20N2O.ClH/c1-21(2)11-10-19(17-6-4-3-5-7-17)18-9-8-15(13-20)12-16(18)14-22-19;/h3-9,12H,10-11,14H2,1-2H3;1H. The van der Waals surface area contributed by atoms with Gasteiger partial charge in [-0.15, -0.1) is 12.4 Å². The summed E-state index contributed by atoms with van der Waals surface area (Å²) in [6.45, 7) is 1.50. The van der Waals surface area contributed by atoms with Crippen molar-refractivity contribution >= 4 is 12.4 Å². The molecule has 0 aromatic heterocycles. The number of halogens is 1. The molecular formula is C19H21ClN2O. The molecule has 0 fully saturated rings. The molecule has 0 bridgehead atoms. The Labute approximate surface area is 143 Å². The summed E-state index contributed by atoms with van der Waals surface area (Å²) in [5.74, 6) is 0. The quantitative estimate of drug-likeness (QED) is 0.858. The number of hydrogen-bond acceptors (Lipinski definition) is 3. The van der Waals surface area contributed by atoms with Crippen molar-refractivity contribution in [2.45, 2.75) is 18.6 Å². The van der Waals surface area contributed by atoms with Crippen molar-refractivity contribution in [3.63, 3.8) is 0 Å². The van der Waals surface area contributed by atoms with Crippen molar-refractivity contribution in [2.24, 2.45) is 0 Å². The lowest BCUT2D eigenvalue weighted by Crippen LogP contribution is -2.31. The summed E-state index contributed by atoms with van der Waals surface area (Å²) in [5.41, 5.74) is 3.79. The van der Waals surface area contributed by atoms with Gasteiger partial charge in [-0.1, -0.05) is 36.4 Å². The molecule has 0 saturated heterocycles. The fourth-order valence-electron chi connectivity index (χ4n) is 3.13. The van der Waals surface area contributed by atoms with E-state index in [0.29, 0.717) is 12.2 Å². The third-order valence-corrected chi connectivity index (χ3v) is 4.29. The number of fused-ring (bicyclic) bond motifs is 1. The van der Waals surface area contributed by atoms with Crippen LogP contribution in [0.3, 0.4) is 0 Å². The van der Waals surface area contributed by atoms with Crippen LogP contribution < -0.4 is 0 Å². The van der Waals surface area contributed by atoms with E-state index in [4.69, 9.17) is 10.00 Å². The first kappa shape index (κ1) is 17.5. The normalized spacial score (nSPS) is 19.0. The van der Waals surface area contributed by atoms with E-state index >= 15 is 0 Å². The fraction of sp³-hybridized carbons (Fsp3) is 0.316. The number of ether oxygens (including phenoxy) is 1. The topological polar surface area (TPSA) is 36.3 Å². The van der Waals surface area contributed by atoms with Crippen molar-refractivity contribution in [2.75, 3.05) is 20.6 Å². The lowest BCUT2D eigenvalue weighted by Gasteiger charge is -2.31. The van der Waals surface area contributed by atoms with Crippen LogP contribution in [0.5, 0.6) is 0 Å². The molecule has 1 unspecified atom stereocenters.